The minimum absolute atomic E-state index is 0.711. The summed E-state index contributed by atoms with van der Waals surface area (Å²) in [5.74, 6) is -0.922. The number of hydrogen-bond donors (Lipinski definition) is 1. The van der Waals surface area contributed by atoms with Gasteiger partial charge in [-0.3, -0.25) is 0 Å². The van der Waals surface area contributed by atoms with Gasteiger partial charge in [0, 0.05) is 25.0 Å². The molecule has 0 amide bonds. The molecule has 1 saturated carbocycles. The zero-order valence-corrected chi connectivity index (χ0v) is 10.5. The first-order valence-electron chi connectivity index (χ1n) is 6.17. The van der Waals surface area contributed by atoms with Crippen molar-refractivity contribution in [2.75, 3.05) is 0 Å². The number of carboxylic acid groups (broad SMARTS) is 1. The van der Waals surface area contributed by atoms with Crippen LogP contribution in [0.25, 0.3) is 0 Å². The number of quaternary nitrogens is 1. The number of nitrogens with two attached hydrogens (primary N) is 1. The lowest BCUT2D eigenvalue weighted by atomic mass is 9.97. The normalized spacial score (nSPS) is 18.2. The summed E-state index contributed by atoms with van der Waals surface area (Å²) in [4.78, 5) is 11.4. The molecule has 0 spiro atoms. The lowest BCUT2D eigenvalue weighted by Gasteiger charge is -2.27. The fourth-order valence-electron chi connectivity index (χ4n) is 2.83. The monoisotopic (exact) mass is 233 g/mol. The molecule has 3 heteroatoms. The molecule has 0 radical (unpaired) electrons. The Kier molecular flexibility index (Phi) is 3.20. The Hall–Kier alpha value is -1.35. The van der Waals surface area contributed by atoms with Gasteiger partial charge in [-0.1, -0.05) is 6.07 Å². The third-order valence-corrected chi connectivity index (χ3v) is 3.59. The van der Waals surface area contributed by atoms with E-state index in [1.54, 1.807) is 0 Å². The molecule has 0 bridgehead atoms. The molecule has 1 fully saturated rings. The van der Waals surface area contributed by atoms with Gasteiger partial charge in [0.1, 0.15) is 17.2 Å². The maximum absolute atomic E-state index is 11.4. The van der Waals surface area contributed by atoms with E-state index in [0.29, 0.717) is 12.8 Å². The number of rotatable bonds is 3. The number of carboxylic acids is 1. The van der Waals surface area contributed by atoms with Gasteiger partial charge >= 0.3 is 0 Å². The van der Waals surface area contributed by atoms with Gasteiger partial charge in [0.15, 0.2) is 0 Å². The van der Waals surface area contributed by atoms with Crippen molar-refractivity contribution >= 4 is 11.7 Å². The molecule has 0 heterocycles. The smallest absolute Gasteiger partial charge is 0.141 e. The van der Waals surface area contributed by atoms with Crippen LogP contribution in [0.15, 0.2) is 18.2 Å². The minimum Gasteiger partial charge on any atom is -0.544 e. The molecule has 17 heavy (non-hydrogen) atoms. The van der Waals surface area contributed by atoms with Crippen molar-refractivity contribution in [3.05, 3.63) is 29.3 Å². The maximum Gasteiger partial charge on any atom is 0.141 e. The van der Waals surface area contributed by atoms with Gasteiger partial charge in [0.05, 0.1) is 0 Å². The van der Waals surface area contributed by atoms with E-state index in [4.69, 9.17) is 0 Å². The standard InChI is InChI=1S/C14H19NO2/c1-10-7-11(2)9-12(8-10)15-14(13(16)17)5-3-4-6-14/h7-9,15H,3-6H2,1-2H3,(H,16,17). The van der Waals surface area contributed by atoms with E-state index in [2.05, 4.69) is 6.07 Å². The van der Waals surface area contributed by atoms with Crippen molar-refractivity contribution < 1.29 is 15.2 Å². The van der Waals surface area contributed by atoms with Crippen molar-refractivity contribution in [3.8, 4) is 0 Å². The number of carbonyl (C=O) groups is 1. The van der Waals surface area contributed by atoms with Crippen molar-refractivity contribution in [2.24, 2.45) is 0 Å². The average molecular weight is 233 g/mol. The average Bonchev–Trinajstić information content (AvgIpc) is 2.65. The number of aliphatic carboxylic acids is 1. The summed E-state index contributed by atoms with van der Waals surface area (Å²) in [6, 6.07) is 6.17. The fraction of sp³-hybridized carbons (Fsp3) is 0.500. The number of hydrogen-bond acceptors (Lipinski definition) is 2. The Labute approximate surface area is 102 Å². The molecule has 0 atom stereocenters. The molecule has 1 aliphatic carbocycles. The second-order valence-corrected chi connectivity index (χ2v) is 5.22. The Morgan fingerprint density at radius 1 is 1.18 bits per heavy atom. The quantitative estimate of drug-likeness (QED) is 0.776. The van der Waals surface area contributed by atoms with Crippen LogP contribution in [0.3, 0.4) is 0 Å². The summed E-state index contributed by atoms with van der Waals surface area (Å²) in [6.45, 7) is 4.06. The topological polar surface area (TPSA) is 56.7 Å². The molecule has 92 valence electrons. The molecule has 1 aromatic rings. The Balaban J connectivity index is 2.26. The minimum atomic E-state index is -0.922. The van der Waals surface area contributed by atoms with Gasteiger partial charge in [-0.05, 0) is 37.8 Å². The summed E-state index contributed by atoms with van der Waals surface area (Å²) < 4.78 is 0. The first-order chi connectivity index (χ1) is 8.02. The first kappa shape index (κ1) is 12.1. The van der Waals surface area contributed by atoms with Crippen LogP contribution in [0, 0.1) is 13.8 Å². The van der Waals surface area contributed by atoms with Crippen LogP contribution in [0.1, 0.15) is 36.8 Å². The van der Waals surface area contributed by atoms with Gasteiger partial charge < -0.3 is 15.2 Å². The summed E-state index contributed by atoms with van der Waals surface area (Å²) in [6.07, 6.45) is 3.38. The van der Waals surface area contributed by atoms with E-state index in [1.807, 2.05) is 31.3 Å². The van der Waals surface area contributed by atoms with E-state index >= 15 is 0 Å². The molecular weight excluding hydrogens is 214 g/mol. The second-order valence-electron chi connectivity index (χ2n) is 5.22. The Morgan fingerprint density at radius 3 is 2.18 bits per heavy atom. The van der Waals surface area contributed by atoms with Crippen molar-refractivity contribution in [2.45, 2.75) is 45.1 Å². The van der Waals surface area contributed by atoms with Gasteiger partial charge in [-0.2, -0.15) is 0 Å². The fourth-order valence-corrected chi connectivity index (χ4v) is 2.83. The third kappa shape index (κ3) is 2.50. The summed E-state index contributed by atoms with van der Waals surface area (Å²) >= 11 is 0. The first-order valence-corrected chi connectivity index (χ1v) is 6.17. The lowest BCUT2D eigenvalue weighted by molar-refractivity contribution is -0.647. The predicted octanol–water partition coefficient (Wildman–Crippen LogP) is 0.561. The zero-order chi connectivity index (χ0) is 12.5. The van der Waals surface area contributed by atoms with Crippen LogP contribution in [-0.4, -0.2) is 11.5 Å². The highest BCUT2D eigenvalue weighted by atomic mass is 16.4. The second kappa shape index (κ2) is 4.49. The molecule has 0 unspecified atom stereocenters. The van der Waals surface area contributed by atoms with Crippen LogP contribution in [-0.2, 0) is 4.79 Å². The highest BCUT2D eigenvalue weighted by Gasteiger charge is 2.39. The van der Waals surface area contributed by atoms with Crippen LogP contribution in [0.4, 0.5) is 5.69 Å². The molecule has 0 aromatic heterocycles. The van der Waals surface area contributed by atoms with E-state index in [0.717, 1.165) is 18.5 Å². The highest BCUT2D eigenvalue weighted by Crippen LogP contribution is 2.26. The van der Waals surface area contributed by atoms with Crippen LogP contribution >= 0.6 is 0 Å². The van der Waals surface area contributed by atoms with Crippen molar-refractivity contribution in [1.29, 1.82) is 0 Å². The largest absolute Gasteiger partial charge is 0.544 e. The van der Waals surface area contributed by atoms with Crippen LogP contribution in [0.5, 0.6) is 0 Å². The Bertz CT molecular complexity index is 414. The van der Waals surface area contributed by atoms with E-state index in [9.17, 15) is 9.90 Å². The molecular formula is C14H19NO2. The van der Waals surface area contributed by atoms with Crippen LogP contribution in [0.2, 0.25) is 0 Å². The number of aryl methyl sites for hydroxylation is 2. The summed E-state index contributed by atoms with van der Waals surface area (Å²) in [5.41, 5.74) is 2.61. The van der Waals surface area contributed by atoms with Crippen molar-refractivity contribution in [1.82, 2.24) is 0 Å². The number of carbonyl (C=O) groups excluding carboxylic acids is 1. The summed E-state index contributed by atoms with van der Waals surface area (Å²) in [5, 5.41) is 13.3. The summed E-state index contributed by atoms with van der Waals surface area (Å²) in [7, 11) is 0. The molecule has 2 N–H and O–H groups in total. The van der Waals surface area contributed by atoms with E-state index in [1.165, 1.54) is 11.1 Å². The molecule has 1 aromatic carbocycles. The predicted molar refractivity (Wildman–Crippen MR) is 63.7 cm³/mol. The van der Waals surface area contributed by atoms with Crippen molar-refractivity contribution in [3.63, 3.8) is 0 Å². The number of benzene rings is 1. The van der Waals surface area contributed by atoms with Crippen LogP contribution < -0.4 is 10.4 Å². The molecule has 0 saturated heterocycles. The molecule has 3 nitrogen and oxygen atoms in total. The van der Waals surface area contributed by atoms with E-state index < -0.39 is 11.5 Å². The van der Waals surface area contributed by atoms with Gasteiger partial charge in [-0.25, -0.2) is 0 Å². The van der Waals surface area contributed by atoms with E-state index in [-0.39, 0.29) is 0 Å². The lowest BCUT2D eigenvalue weighted by Crippen LogP contribution is -2.95. The molecule has 0 aliphatic heterocycles. The Morgan fingerprint density at radius 2 is 1.71 bits per heavy atom. The molecule has 1 aliphatic rings. The van der Waals surface area contributed by atoms with Gasteiger partial charge in [-0.15, -0.1) is 0 Å². The SMILES string of the molecule is Cc1cc(C)cc([NH2+]C2(C(=O)[O-])CCCC2)c1. The maximum atomic E-state index is 11.4. The highest BCUT2D eigenvalue weighted by molar-refractivity contribution is 5.75. The third-order valence-electron chi connectivity index (χ3n) is 3.59. The zero-order valence-electron chi connectivity index (χ0n) is 10.5. The molecule has 2 rings (SSSR count). The van der Waals surface area contributed by atoms with Gasteiger partial charge in [0.25, 0.3) is 0 Å². The van der Waals surface area contributed by atoms with Gasteiger partial charge in [0.2, 0.25) is 0 Å².